The van der Waals surface area contributed by atoms with Crippen molar-refractivity contribution < 1.29 is 4.79 Å². The first-order valence-electron chi connectivity index (χ1n) is 4.40. The third kappa shape index (κ3) is 3.03. The second-order valence-corrected chi connectivity index (χ2v) is 4.18. The van der Waals surface area contributed by atoms with Gasteiger partial charge in [0, 0.05) is 24.4 Å². The van der Waals surface area contributed by atoms with Crippen LogP contribution in [0.15, 0.2) is 24.5 Å². The molecule has 1 aromatic heterocycles. The summed E-state index contributed by atoms with van der Waals surface area (Å²) in [5, 5.41) is 2.39. The number of hydrogen-bond acceptors (Lipinski definition) is 2. The maximum Gasteiger partial charge on any atom is 0.276 e. The van der Waals surface area contributed by atoms with Crippen molar-refractivity contribution in [2.75, 3.05) is 6.54 Å². The highest BCUT2D eigenvalue weighted by molar-refractivity contribution is 7.96. The van der Waals surface area contributed by atoms with E-state index >= 15 is 0 Å². The van der Waals surface area contributed by atoms with Crippen LogP contribution in [0.3, 0.4) is 0 Å². The van der Waals surface area contributed by atoms with Crippen molar-refractivity contribution in [2.24, 2.45) is 0 Å². The molecule has 0 aromatic carbocycles. The molecule has 0 unspecified atom stereocenters. The quantitative estimate of drug-likeness (QED) is 0.749. The minimum Gasteiger partial charge on any atom is -0.346 e. The third-order valence-electron chi connectivity index (χ3n) is 2.14. The van der Waals surface area contributed by atoms with Gasteiger partial charge in [-0.2, -0.15) is 0 Å². The van der Waals surface area contributed by atoms with Crippen LogP contribution in [-0.2, 0) is 5.41 Å². The molecule has 14 heavy (non-hydrogen) atoms. The first kappa shape index (κ1) is 11.0. The van der Waals surface area contributed by atoms with Crippen molar-refractivity contribution in [2.45, 2.75) is 19.3 Å². The smallest absolute Gasteiger partial charge is 0.276 e. The number of carbonyl (C=O) groups is 1. The Kier molecular flexibility index (Phi) is 3.52. The van der Waals surface area contributed by atoms with Gasteiger partial charge in [-0.3, -0.25) is 9.78 Å². The summed E-state index contributed by atoms with van der Waals surface area (Å²) < 4.78 is 0. The molecule has 0 atom stereocenters. The fourth-order valence-corrected chi connectivity index (χ4v) is 1.28. The van der Waals surface area contributed by atoms with Crippen molar-refractivity contribution in [3.8, 4) is 0 Å². The average molecular weight is 210 g/mol. The van der Waals surface area contributed by atoms with Crippen molar-refractivity contribution in [3.05, 3.63) is 30.1 Å². The largest absolute Gasteiger partial charge is 0.346 e. The molecule has 1 aromatic rings. The molecule has 1 rings (SSSR count). The van der Waals surface area contributed by atoms with Crippen LogP contribution >= 0.6 is 12.6 Å². The Morgan fingerprint density at radius 1 is 1.50 bits per heavy atom. The maximum atomic E-state index is 10.7. The molecule has 3 nitrogen and oxygen atoms in total. The van der Waals surface area contributed by atoms with Crippen LogP contribution in [0.25, 0.3) is 0 Å². The van der Waals surface area contributed by atoms with Crippen LogP contribution in [0.5, 0.6) is 0 Å². The molecule has 76 valence electrons. The van der Waals surface area contributed by atoms with Gasteiger partial charge < -0.3 is 5.32 Å². The summed E-state index contributed by atoms with van der Waals surface area (Å²) >= 11 is 3.66. The van der Waals surface area contributed by atoms with Crippen LogP contribution in [0.2, 0.25) is 0 Å². The van der Waals surface area contributed by atoms with E-state index in [2.05, 4.69) is 36.8 Å². The van der Waals surface area contributed by atoms with Crippen molar-refractivity contribution in [1.82, 2.24) is 10.3 Å². The monoisotopic (exact) mass is 210 g/mol. The molecule has 0 bridgehead atoms. The van der Waals surface area contributed by atoms with E-state index in [0.29, 0.717) is 6.54 Å². The zero-order valence-corrected chi connectivity index (χ0v) is 9.21. The van der Waals surface area contributed by atoms with Gasteiger partial charge in [0.1, 0.15) is 0 Å². The number of aromatic nitrogens is 1. The molecule has 4 heteroatoms. The Morgan fingerprint density at radius 2 is 2.07 bits per heavy atom. The van der Waals surface area contributed by atoms with Crippen molar-refractivity contribution in [1.29, 1.82) is 0 Å². The molecule has 1 amide bonds. The Balaban J connectivity index is 2.70. The number of rotatable bonds is 3. The Morgan fingerprint density at radius 3 is 2.57 bits per heavy atom. The first-order valence-corrected chi connectivity index (χ1v) is 4.84. The zero-order valence-electron chi connectivity index (χ0n) is 8.32. The minimum absolute atomic E-state index is 0.0959. The summed E-state index contributed by atoms with van der Waals surface area (Å²) in [6.07, 6.45) is 3.50. The standard InChI is InChI=1S/C10H14N2OS/c1-10(2,7-12-9(13)14)8-3-5-11-6-4-8/h3-6H,7H2,1-2H3,(H2,12,13,14). The summed E-state index contributed by atoms with van der Waals surface area (Å²) in [4.78, 5) is 14.6. The lowest BCUT2D eigenvalue weighted by atomic mass is 9.85. The molecular weight excluding hydrogens is 196 g/mol. The van der Waals surface area contributed by atoms with Crippen LogP contribution in [0, 0.1) is 0 Å². The number of hydrogen-bond donors (Lipinski definition) is 2. The van der Waals surface area contributed by atoms with Gasteiger partial charge in [0.2, 0.25) is 0 Å². The summed E-state index contributed by atoms with van der Waals surface area (Å²) in [5.74, 6) is 0. The number of thiol groups is 1. The van der Waals surface area contributed by atoms with Gasteiger partial charge in [0.25, 0.3) is 5.24 Å². The molecule has 1 heterocycles. The SMILES string of the molecule is CC(C)(CNC(=O)S)c1ccncc1. The molecule has 0 fully saturated rings. The summed E-state index contributed by atoms with van der Waals surface area (Å²) in [7, 11) is 0. The Bertz CT molecular complexity index is 311. The highest BCUT2D eigenvalue weighted by Crippen LogP contribution is 2.21. The molecule has 1 N–H and O–H groups in total. The molecule has 0 aliphatic carbocycles. The number of carbonyl (C=O) groups excluding carboxylic acids is 1. The van der Waals surface area contributed by atoms with E-state index < -0.39 is 0 Å². The van der Waals surface area contributed by atoms with Crippen LogP contribution < -0.4 is 5.32 Å². The highest BCUT2D eigenvalue weighted by Gasteiger charge is 2.20. The van der Waals surface area contributed by atoms with Crippen LogP contribution in [0.4, 0.5) is 4.79 Å². The first-order chi connectivity index (χ1) is 6.52. The van der Waals surface area contributed by atoms with Gasteiger partial charge in [0.05, 0.1) is 0 Å². The van der Waals surface area contributed by atoms with E-state index in [0.717, 1.165) is 5.56 Å². The van der Waals surface area contributed by atoms with E-state index in [1.807, 2.05) is 12.1 Å². The fourth-order valence-electron chi connectivity index (χ4n) is 1.20. The summed E-state index contributed by atoms with van der Waals surface area (Å²) in [5.41, 5.74) is 1.05. The fraction of sp³-hybridized carbons (Fsp3) is 0.400. The van der Waals surface area contributed by atoms with Gasteiger partial charge in [0.15, 0.2) is 0 Å². The third-order valence-corrected chi connectivity index (χ3v) is 2.30. The summed E-state index contributed by atoms with van der Waals surface area (Å²) in [6.45, 7) is 4.69. The lowest BCUT2D eigenvalue weighted by Gasteiger charge is -2.24. The number of nitrogens with one attached hydrogen (secondary N) is 1. The van der Waals surface area contributed by atoms with E-state index in [1.54, 1.807) is 12.4 Å². The van der Waals surface area contributed by atoms with E-state index in [4.69, 9.17) is 0 Å². The van der Waals surface area contributed by atoms with E-state index in [9.17, 15) is 4.79 Å². The number of pyridine rings is 1. The number of amides is 1. The highest BCUT2D eigenvalue weighted by atomic mass is 32.1. The molecule has 0 saturated carbocycles. The normalized spacial score (nSPS) is 11.1. The Hall–Kier alpha value is -1.03. The molecule has 0 aliphatic heterocycles. The minimum atomic E-state index is -0.299. The second kappa shape index (κ2) is 4.46. The maximum absolute atomic E-state index is 10.7. The van der Waals surface area contributed by atoms with Gasteiger partial charge in [-0.15, -0.1) is 0 Å². The molecular formula is C10H14N2OS. The predicted octanol–water partition coefficient (Wildman–Crippen LogP) is 2.00. The molecule has 0 radical (unpaired) electrons. The lowest BCUT2D eigenvalue weighted by molar-refractivity contribution is 0.259. The van der Waals surface area contributed by atoms with Gasteiger partial charge >= 0.3 is 0 Å². The van der Waals surface area contributed by atoms with Gasteiger partial charge in [-0.05, 0) is 17.7 Å². The summed E-state index contributed by atoms with van der Waals surface area (Å²) in [6, 6.07) is 3.90. The topological polar surface area (TPSA) is 42.0 Å². The van der Waals surface area contributed by atoms with Gasteiger partial charge in [-0.1, -0.05) is 26.5 Å². The second-order valence-electron chi connectivity index (χ2n) is 3.78. The van der Waals surface area contributed by atoms with E-state index in [1.165, 1.54) is 0 Å². The lowest BCUT2D eigenvalue weighted by Crippen LogP contribution is -2.34. The molecule has 0 spiro atoms. The van der Waals surface area contributed by atoms with Crippen molar-refractivity contribution in [3.63, 3.8) is 0 Å². The zero-order chi connectivity index (χ0) is 10.6. The van der Waals surface area contributed by atoms with Crippen LogP contribution in [-0.4, -0.2) is 16.8 Å². The van der Waals surface area contributed by atoms with E-state index in [-0.39, 0.29) is 10.7 Å². The van der Waals surface area contributed by atoms with Crippen LogP contribution in [0.1, 0.15) is 19.4 Å². The molecule has 0 aliphatic rings. The predicted molar refractivity (Wildman–Crippen MR) is 59.6 cm³/mol. The van der Waals surface area contributed by atoms with Gasteiger partial charge in [-0.25, -0.2) is 0 Å². The Labute approximate surface area is 89.3 Å². The number of nitrogens with zero attached hydrogens (tertiary/aromatic N) is 1. The van der Waals surface area contributed by atoms with Crippen molar-refractivity contribution >= 4 is 17.9 Å². The molecule has 0 saturated heterocycles. The average Bonchev–Trinajstić information content (AvgIpc) is 2.16.